The second-order valence-corrected chi connectivity index (χ2v) is 4.32. The number of carbonyl (C=O) groups is 2. The van der Waals surface area contributed by atoms with Gasteiger partial charge in [-0.15, -0.1) is 0 Å². The smallest absolute Gasteiger partial charge is 0.287 e. The Morgan fingerprint density at radius 1 is 1.30 bits per heavy atom. The molecule has 0 aliphatic heterocycles. The number of nitrogens with zero attached hydrogens (tertiary/aromatic N) is 1. The molecular formula is C13H16F2N2O3. The van der Waals surface area contributed by atoms with Crippen LogP contribution in [0.5, 0.6) is 0 Å². The molecule has 0 unspecified atom stereocenters. The molecule has 5 nitrogen and oxygen atoms in total. The zero-order chi connectivity index (χ0) is 15.2. The van der Waals surface area contributed by atoms with Crippen LogP contribution in [0.3, 0.4) is 0 Å². The summed E-state index contributed by atoms with van der Waals surface area (Å²) in [6.45, 7) is -2.64. The van der Waals surface area contributed by atoms with Gasteiger partial charge in [0.05, 0.1) is 13.1 Å². The van der Waals surface area contributed by atoms with E-state index in [-0.39, 0.29) is 12.5 Å². The quantitative estimate of drug-likeness (QED) is 0.800. The molecule has 0 fully saturated rings. The maximum atomic E-state index is 12.7. The predicted molar refractivity (Wildman–Crippen MR) is 68.4 cm³/mol. The van der Waals surface area contributed by atoms with E-state index in [2.05, 4.69) is 0 Å². The third-order valence-electron chi connectivity index (χ3n) is 2.52. The van der Waals surface area contributed by atoms with E-state index in [0.29, 0.717) is 5.56 Å². The number of aliphatic hydroxyl groups is 1. The summed E-state index contributed by atoms with van der Waals surface area (Å²) in [5.41, 5.74) is 0.406. The van der Waals surface area contributed by atoms with Gasteiger partial charge in [0.25, 0.3) is 11.8 Å². The van der Waals surface area contributed by atoms with Crippen LogP contribution in [0.4, 0.5) is 8.78 Å². The van der Waals surface area contributed by atoms with Gasteiger partial charge < -0.3 is 15.3 Å². The van der Waals surface area contributed by atoms with Gasteiger partial charge >= 0.3 is 0 Å². The maximum Gasteiger partial charge on any atom is 0.287 e. The first kappa shape index (κ1) is 16.0. The van der Waals surface area contributed by atoms with Crippen molar-refractivity contribution < 1.29 is 23.5 Å². The minimum Gasteiger partial charge on any atom is -0.390 e. The van der Waals surface area contributed by atoms with Crippen LogP contribution in [-0.4, -0.2) is 54.5 Å². The van der Waals surface area contributed by atoms with Gasteiger partial charge in [-0.1, -0.05) is 18.2 Å². The molecule has 20 heavy (non-hydrogen) atoms. The molecule has 0 aliphatic carbocycles. The maximum absolute atomic E-state index is 12.7. The molecule has 0 heterocycles. The highest BCUT2D eigenvalue weighted by Crippen LogP contribution is 2.09. The summed E-state index contributed by atoms with van der Waals surface area (Å²) in [7, 11) is 1.40. The summed E-state index contributed by atoms with van der Waals surface area (Å²) in [6.07, 6.45) is 0. The van der Waals surface area contributed by atoms with Gasteiger partial charge in [0.2, 0.25) is 5.91 Å². The Bertz CT molecular complexity index is 466. The summed E-state index contributed by atoms with van der Waals surface area (Å²) in [6, 6.07) is 8.31. The summed E-state index contributed by atoms with van der Waals surface area (Å²) in [5.74, 6) is -4.46. The molecule has 110 valence electrons. The van der Waals surface area contributed by atoms with Gasteiger partial charge in [0.1, 0.15) is 6.61 Å². The van der Waals surface area contributed by atoms with E-state index < -0.39 is 25.0 Å². The largest absolute Gasteiger partial charge is 0.390 e. The number of hydrogen-bond acceptors (Lipinski definition) is 3. The van der Waals surface area contributed by atoms with Crippen LogP contribution in [0.15, 0.2) is 30.3 Å². The van der Waals surface area contributed by atoms with Gasteiger partial charge in [0.15, 0.2) is 0 Å². The highest BCUT2D eigenvalue weighted by molar-refractivity contribution is 5.96. The summed E-state index contributed by atoms with van der Waals surface area (Å²) in [4.78, 5) is 24.5. The molecule has 2 amide bonds. The molecule has 0 atom stereocenters. The van der Waals surface area contributed by atoms with Crippen LogP contribution in [0.2, 0.25) is 0 Å². The van der Waals surface area contributed by atoms with Crippen LogP contribution >= 0.6 is 0 Å². The summed E-state index contributed by atoms with van der Waals surface area (Å²) < 4.78 is 25.5. The van der Waals surface area contributed by atoms with E-state index >= 15 is 0 Å². The van der Waals surface area contributed by atoms with Crippen molar-refractivity contribution >= 4 is 11.8 Å². The number of halogens is 2. The lowest BCUT2D eigenvalue weighted by atomic mass is 10.2. The highest BCUT2D eigenvalue weighted by atomic mass is 19.3. The van der Waals surface area contributed by atoms with Gasteiger partial charge in [0, 0.05) is 12.6 Å². The lowest BCUT2D eigenvalue weighted by Gasteiger charge is -2.18. The normalized spacial score (nSPS) is 11.0. The Hall–Kier alpha value is -2.02. The molecule has 1 rings (SSSR count). The molecule has 0 radical (unpaired) electrons. The minimum atomic E-state index is -3.36. The molecule has 0 saturated heterocycles. The number of likely N-dealkylation sites (N-methyl/N-ethyl adjacent to an activating group) is 1. The Balaban J connectivity index is 2.48. The number of alkyl halides is 2. The molecular weight excluding hydrogens is 270 g/mol. The molecule has 7 heteroatoms. The Kier molecular flexibility index (Phi) is 5.57. The van der Waals surface area contributed by atoms with Crippen LogP contribution in [0.1, 0.15) is 10.4 Å². The molecule has 1 aromatic rings. The second kappa shape index (κ2) is 6.95. The average Bonchev–Trinajstić information content (AvgIpc) is 2.45. The fourth-order valence-corrected chi connectivity index (χ4v) is 1.43. The summed E-state index contributed by atoms with van der Waals surface area (Å²) in [5, 5.41) is 10.3. The third kappa shape index (κ3) is 4.93. The number of rotatable bonds is 6. The molecule has 0 aromatic heterocycles. The molecule has 1 aromatic carbocycles. The first-order valence-corrected chi connectivity index (χ1v) is 5.91. The average molecular weight is 286 g/mol. The van der Waals surface area contributed by atoms with Crippen molar-refractivity contribution in [1.29, 1.82) is 0 Å². The van der Waals surface area contributed by atoms with Gasteiger partial charge in [-0.25, -0.2) is 8.78 Å². The standard InChI is InChI=1S/C13H16F2N2O3/c1-17(12(20)10-5-3-2-4-6-10)7-11(19)16-8-13(14,15)9-18/h2-6,18H,7-9H2,1H3,(H,16,19). The topological polar surface area (TPSA) is 69.6 Å². The highest BCUT2D eigenvalue weighted by Gasteiger charge is 2.28. The number of carbonyl (C=O) groups excluding carboxylic acids is 2. The molecule has 2 N–H and O–H groups in total. The van der Waals surface area contributed by atoms with Crippen molar-refractivity contribution in [1.82, 2.24) is 10.2 Å². The Morgan fingerprint density at radius 2 is 1.90 bits per heavy atom. The van der Waals surface area contributed by atoms with Crippen molar-refractivity contribution in [2.24, 2.45) is 0 Å². The SMILES string of the molecule is CN(CC(=O)NCC(F)(F)CO)C(=O)c1ccccc1. The molecule has 0 spiro atoms. The van der Waals surface area contributed by atoms with E-state index in [1.165, 1.54) is 7.05 Å². The van der Waals surface area contributed by atoms with E-state index in [0.717, 1.165) is 4.90 Å². The van der Waals surface area contributed by atoms with E-state index in [1.807, 2.05) is 5.32 Å². The zero-order valence-electron chi connectivity index (χ0n) is 11.0. The monoisotopic (exact) mass is 286 g/mol. The number of aliphatic hydroxyl groups excluding tert-OH is 1. The number of nitrogens with one attached hydrogen (secondary N) is 1. The minimum absolute atomic E-state index is 0.338. The Morgan fingerprint density at radius 3 is 2.45 bits per heavy atom. The Labute approximate surface area is 115 Å². The number of benzene rings is 1. The lowest BCUT2D eigenvalue weighted by molar-refractivity contribution is -0.124. The summed E-state index contributed by atoms with van der Waals surface area (Å²) >= 11 is 0. The molecule has 0 bridgehead atoms. The fourth-order valence-electron chi connectivity index (χ4n) is 1.43. The molecule has 0 saturated carbocycles. The van der Waals surface area contributed by atoms with Crippen LogP contribution < -0.4 is 5.32 Å². The lowest BCUT2D eigenvalue weighted by Crippen LogP contribution is -2.44. The molecule has 0 aliphatic rings. The van der Waals surface area contributed by atoms with E-state index in [4.69, 9.17) is 5.11 Å². The van der Waals surface area contributed by atoms with Crippen molar-refractivity contribution in [2.75, 3.05) is 26.7 Å². The van der Waals surface area contributed by atoms with E-state index in [1.54, 1.807) is 30.3 Å². The van der Waals surface area contributed by atoms with Crippen LogP contribution in [0, 0.1) is 0 Å². The fraction of sp³-hybridized carbons (Fsp3) is 0.385. The first-order valence-electron chi connectivity index (χ1n) is 5.91. The van der Waals surface area contributed by atoms with Crippen molar-refractivity contribution in [2.45, 2.75) is 5.92 Å². The number of amides is 2. The van der Waals surface area contributed by atoms with Crippen molar-refractivity contribution in [3.8, 4) is 0 Å². The van der Waals surface area contributed by atoms with Gasteiger partial charge in [-0.2, -0.15) is 0 Å². The van der Waals surface area contributed by atoms with Crippen LogP contribution in [0.25, 0.3) is 0 Å². The van der Waals surface area contributed by atoms with Gasteiger partial charge in [-0.3, -0.25) is 9.59 Å². The zero-order valence-corrected chi connectivity index (χ0v) is 11.0. The third-order valence-corrected chi connectivity index (χ3v) is 2.52. The van der Waals surface area contributed by atoms with E-state index in [9.17, 15) is 18.4 Å². The van der Waals surface area contributed by atoms with Crippen LogP contribution in [-0.2, 0) is 4.79 Å². The number of hydrogen-bond donors (Lipinski definition) is 2. The first-order chi connectivity index (χ1) is 9.35. The van der Waals surface area contributed by atoms with Gasteiger partial charge in [-0.05, 0) is 12.1 Å². The predicted octanol–water partition coefficient (Wildman–Crippen LogP) is 0.502. The van der Waals surface area contributed by atoms with Crippen molar-refractivity contribution in [3.63, 3.8) is 0 Å². The second-order valence-electron chi connectivity index (χ2n) is 4.32. The van der Waals surface area contributed by atoms with Crippen molar-refractivity contribution in [3.05, 3.63) is 35.9 Å².